The molecule has 1 aliphatic heterocycles. The molecule has 0 bridgehead atoms. The van der Waals surface area contributed by atoms with E-state index in [4.69, 9.17) is 21.3 Å². The Labute approximate surface area is 172 Å². The van der Waals surface area contributed by atoms with E-state index in [1.165, 1.54) is 5.56 Å². The molecule has 136 valence electrons. The molecule has 1 heterocycles. The van der Waals surface area contributed by atoms with Crippen LogP contribution in [0.3, 0.4) is 0 Å². The predicted octanol–water partition coefficient (Wildman–Crippen LogP) is 6.79. The van der Waals surface area contributed by atoms with Gasteiger partial charge in [-0.1, -0.05) is 39.7 Å². The highest BCUT2D eigenvalue weighted by molar-refractivity contribution is 9.10. The average molecular weight is 442 g/mol. The molecular formula is C22H18BrClN2O. The number of ether oxygens (including phenoxy) is 1. The van der Waals surface area contributed by atoms with Crippen LogP contribution in [-0.4, -0.2) is 12.9 Å². The monoisotopic (exact) mass is 440 g/mol. The normalized spacial score (nSPS) is 17.7. The summed E-state index contributed by atoms with van der Waals surface area (Å²) in [6, 6.07) is 24.4. The van der Waals surface area contributed by atoms with E-state index >= 15 is 0 Å². The van der Waals surface area contributed by atoms with Gasteiger partial charge >= 0.3 is 0 Å². The average Bonchev–Trinajstić information content (AvgIpc) is 2.68. The zero-order chi connectivity index (χ0) is 18.8. The van der Waals surface area contributed by atoms with Gasteiger partial charge in [0.05, 0.1) is 18.8 Å². The van der Waals surface area contributed by atoms with Crippen molar-refractivity contribution in [3.05, 3.63) is 87.9 Å². The number of rotatable bonds is 4. The predicted molar refractivity (Wildman–Crippen MR) is 116 cm³/mol. The van der Waals surface area contributed by atoms with E-state index in [2.05, 4.69) is 45.1 Å². The topological polar surface area (TPSA) is 24.8 Å². The molecule has 0 saturated carbocycles. The molecule has 0 aliphatic carbocycles. The van der Waals surface area contributed by atoms with E-state index in [-0.39, 0.29) is 6.04 Å². The molecule has 1 aliphatic rings. The zero-order valence-corrected chi connectivity index (χ0v) is 17.1. The van der Waals surface area contributed by atoms with Gasteiger partial charge in [-0.05, 0) is 66.2 Å². The summed E-state index contributed by atoms with van der Waals surface area (Å²) in [6.45, 7) is 0. The summed E-state index contributed by atoms with van der Waals surface area (Å²) in [5.74, 6) is 1.89. The summed E-state index contributed by atoms with van der Waals surface area (Å²) in [4.78, 5) is 7.13. The molecule has 4 rings (SSSR count). The van der Waals surface area contributed by atoms with Crippen molar-refractivity contribution in [3.8, 4) is 5.75 Å². The molecule has 3 aromatic rings. The van der Waals surface area contributed by atoms with Gasteiger partial charge in [0.1, 0.15) is 11.6 Å². The number of anilines is 1. The van der Waals surface area contributed by atoms with Gasteiger partial charge in [-0.15, -0.1) is 0 Å². The first-order chi connectivity index (χ1) is 13.1. The van der Waals surface area contributed by atoms with Crippen LogP contribution in [0.15, 0.2) is 82.3 Å². The quantitative estimate of drug-likeness (QED) is 0.445. The Bertz CT molecular complexity index is 953. The van der Waals surface area contributed by atoms with Crippen LogP contribution >= 0.6 is 27.5 Å². The number of methoxy groups -OCH3 is 1. The van der Waals surface area contributed by atoms with Crippen molar-refractivity contribution in [2.45, 2.75) is 12.5 Å². The maximum absolute atomic E-state index is 6.06. The van der Waals surface area contributed by atoms with Gasteiger partial charge in [0.15, 0.2) is 0 Å². The summed E-state index contributed by atoms with van der Waals surface area (Å²) >= 11 is 9.53. The maximum Gasteiger partial charge on any atom is 0.119 e. The van der Waals surface area contributed by atoms with Gasteiger partial charge < -0.3 is 9.64 Å². The molecule has 1 saturated heterocycles. The molecule has 5 heteroatoms. The largest absolute Gasteiger partial charge is 0.497 e. The van der Waals surface area contributed by atoms with E-state index in [0.717, 1.165) is 38.9 Å². The van der Waals surface area contributed by atoms with Crippen molar-refractivity contribution in [1.29, 1.82) is 0 Å². The Morgan fingerprint density at radius 1 is 0.963 bits per heavy atom. The van der Waals surface area contributed by atoms with Crippen LogP contribution in [-0.2, 0) is 0 Å². The fourth-order valence-corrected chi connectivity index (χ4v) is 3.61. The summed E-state index contributed by atoms with van der Waals surface area (Å²) in [6.07, 6.45) is 0.879. The molecule has 1 atom stereocenters. The lowest BCUT2D eigenvalue weighted by Gasteiger charge is -2.44. The molecule has 0 N–H and O–H groups in total. The highest BCUT2D eigenvalue weighted by Crippen LogP contribution is 2.41. The number of aliphatic imine (C=N–C) groups is 1. The number of amidine groups is 1. The summed E-state index contributed by atoms with van der Waals surface area (Å²) in [5, 5.41) is 0.748. The summed E-state index contributed by atoms with van der Waals surface area (Å²) in [5.41, 5.74) is 3.27. The molecule has 3 aromatic carbocycles. The maximum atomic E-state index is 6.06. The first-order valence-electron chi connectivity index (χ1n) is 8.66. The minimum Gasteiger partial charge on any atom is -0.497 e. The Kier molecular flexibility index (Phi) is 5.19. The van der Waals surface area contributed by atoms with Crippen LogP contribution in [0.5, 0.6) is 5.75 Å². The second-order valence-electron chi connectivity index (χ2n) is 6.34. The Morgan fingerprint density at radius 2 is 1.63 bits per heavy atom. The van der Waals surface area contributed by atoms with E-state index in [9.17, 15) is 0 Å². The molecule has 27 heavy (non-hydrogen) atoms. The van der Waals surface area contributed by atoms with Crippen LogP contribution in [0.25, 0.3) is 0 Å². The van der Waals surface area contributed by atoms with Gasteiger partial charge in [0, 0.05) is 21.6 Å². The van der Waals surface area contributed by atoms with E-state index in [1.807, 2.05) is 48.5 Å². The highest BCUT2D eigenvalue weighted by atomic mass is 79.9. The minimum atomic E-state index is 0.241. The van der Waals surface area contributed by atoms with Crippen LogP contribution in [0, 0.1) is 0 Å². The molecular weight excluding hydrogens is 424 g/mol. The van der Waals surface area contributed by atoms with Crippen LogP contribution in [0.1, 0.15) is 18.0 Å². The van der Waals surface area contributed by atoms with Gasteiger partial charge in [-0.2, -0.15) is 0 Å². The third-order valence-electron chi connectivity index (χ3n) is 4.66. The van der Waals surface area contributed by atoms with E-state index < -0.39 is 0 Å². The Morgan fingerprint density at radius 3 is 2.26 bits per heavy atom. The third kappa shape index (κ3) is 3.87. The summed E-state index contributed by atoms with van der Waals surface area (Å²) in [7, 11) is 1.68. The molecule has 0 spiro atoms. The number of hydrogen-bond donors (Lipinski definition) is 0. The second-order valence-corrected chi connectivity index (χ2v) is 7.70. The molecule has 1 fully saturated rings. The van der Waals surface area contributed by atoms with E-state index in [1.54, 1.807) is 7.11 Å². The second kappa shape index (κ2) is 7.75. The molecule has 3 nitrogen and oxygen atoms in total. The minimum absolute atomic E-state index is 0.241. The molecule has 0 amide bonds. The number of nitrogens with zero attached hydrogens (tertiary/aromatic N) is 2. The standard InChI is InChI=1S/C22H18BrClN2O/c1-27-20-12-10-19(11-13-20)26-21(15-2-6-17(24)7-3-15)14-22(26)25-18-8-4-16(23)5-9-18/h2-13,21H,14H2,1H3. The Hall–Kier alpha value is -2.30. The fourth-order valence-electron chi connectivity index (χ4n) is 3.22. The van der Waals surface area contributed by atoms with Crippen molar-refractivity contribution in [3.63, 3.8) is 0 Å². The van der Waals surface area contributed by atoms with Gasteiger partial charge in [0.25, 0.3) is 0 Å². The third-order valence-corrected chi connectivity index (χ3v) is 5.44. The van der Waals surface area contributed by atoms with Gasteiger partial charge in [-0.3, -0.25) is 0 Å². The lowest BCUT2D eigenvalue weighted by Crippen LogP contribution is -2.46. The highest BCUT2D eigenvalue weighted by Gasteiger charge is 2.36. The Balaban J connectivity index is 1.69. The smallest absolute Gasteiger partial charge is 0.119 e. The summed E-state index contributed by atoms with van der Waals surface area (Å²) < 4.78 is 6.34. The van der Waals surface area contributed by atoms with Crippen molar-refractivity contribution >= 4 is 44.7 Å². The number of hydrogen-bond acceptors (Lipinski definition) is 2. The van der Waals surface area contributed by atoms with Gasteiger partial charge in [-0.25, -0.2) is 4.99 Å². The van der Waals surface area contributed by atoms with Crippen molar-refractivity contribution in [2.24, 2.45) is 4.99 Å². The van der Waals surface area contributed by atoms with Crippen LogP contribution in [0.2, 0.25) is 5.02 Å². The molecule has 0 radical (unpaired) electrons. The number of benzene rings is 3. The lowest BCUT2D eigenvalue weighted by molar-refractivity contribution is 0.415. The van der Waals surface area contributed by atoms with Crippen molar-refractivity contribution in [1.82, 2.24) is 0 Å². The zero-order valence-electron chi connectivity index (χ0n) is 14.8. The molecule has 0 aromatic heterocycles. The SMILES string of the molecule is COc1ccc(N2C(=Nc3ccc(Br)cc3)CC2c2ccc(Cl)cc2)cc1. The van der Waals surface area contributed by atoms with E-state index in [0.29, 0.717) is 0 Å². The van der Waals surface area contributed by atoms with Crippen LogP contribution < -0.4 is 9.64 Å². The van der Waals surface area contributed by atoms with Crippen molar-refractivity contribution in [2.75, 3.05) is 12.0 Å². The van der Waals surface area contributed by atoms with Gasteiger partial charge in [0.2, 0.25) is 0 Å². The number of halogens is 2. The van der Waals surface area contributed by atoms with Crippen molar-refractivity contribution < 1.29 is 4.74 Å². The fraction of sp³-hybridized carbons (Fsp3) is 0.136. The van der Waals surface area contributed by atoms with Crippen LogP contribution in [0.4, 0.5) is 11.4 Å². The lowest BCUT2D eigenvalue weighted by atomic mass is 9.92. The molecule has 1 unspecified atom stereocenters. The first-order valence-corrected chi connectivity index (χ1v) is 9.83. The first kappa shape index (κ1) is 18.1.